The van der Waals surface area contributed by atoms with Crippen LogP contribution in [0.2, 0.25) is 0 Å². The molecule has 7 nitrogen and oxygen atoms in total. The largest absolute Gasteiger partial charge is 0.450 e. The highest BCUT2D eigenvalue weighted by atomic mass is 16.6. The number of rotatable bonds is 4. The lowest BCUT2D eigenvalue weighted by Gasteiger charge is -2.25. The van der Waals surface area contributed by atoms with E-state index in [1.54, 1.807) is 24.3 Å². The second-order valence-electron chi connectivity index (χ2n) is 8.55. The van der Waals surface area contributed by atoms with Crippen LogP contribution >= 0.6 is 0 Å². The maximum Gasteiger partial charge on any atom is 0.295 e. The summed E-state index contributed by atoms with van der Waals surface area (Å²) in [4.78, 5) is 39.6. The van der Waals surface area contributed by atoms with Gasteiger partial charge in [-0.25, -0.2) is 0 Å². The van der Waals surface area contributed by atoms with E-state index in [9.17, 15) is 19.7 Å². The second kappa shape index (κ2) is 7.95. The van der Waals surface area contributed by atoms with Crippen LogP contribution in [-0.4, -0.2) is 10.8 Å². The van der Waals surface area contributed by atoms with E-state index in [2.05, 4.69) is 0 Å². The summed E-state index contributed by atoms with van der Waals surface area (Å²) >= 11 is 0. The summed E-state index contributed by atoms with van der Waals surface area (Å²) < 4.78 is 6.04. The molecule has 1 aliphatic heterocycles. The maximum atomic E-state index is 13.7. The van der Waals surface area contributed by atoms with Gasteiger partial charge >= 0.3 is 0 Å². The molecule has 0 fully saturated rings. The van der Waals surface area contributed by atoms with E-state index in [-0.39, 0.29) is 22.4 Å². The molecule has 5 rings (SSSR count). The van der Waals surface area contributed by atoms with Crippen molar-refractivity contribution in [3.8, 4) is 0 Å². The lowest BCUT2D eigenvalue weighted by atomic mass is 9.97. The van der Waals surface area contributed by atoms with Crippen molar-refractivity contribution >= 4 is 28.3 Å². The SMILES string of the molecule is CCc1ccc(N2C(=O)c3oc4cc(C)c(C)cc4c(=O)c3C2c2ccc([N+](=O)[O-])cc2)cc1. The van der Waals surface area contributed by atoms with Crippen molar-refractivity contribution in [1.29, 1.82) is 0 Å². The van der Waals surface area contributed by atoms with Crippen molar-refractivity contribution < 1.29 is 14.1 Å². The first-order valence-electron chi connectivity index (χ1n) is 11.0. The smallest absolute Gasteiger partial charge is 0.295 e. The zero-order valence-corrected chi connectivity index (χ0v) is 19.0. The summed E-state index contributed by atoms with van der Waals surface area (Å²) in [6, 6.07) is 16.3. The van der Waals surface area contributed by atoms with Crippen LogP contribution in [0.1, 0.15) is 51.3 Å². The van der Waals surface area contributed by atoms with Gasteiger partial charge in [0, 0.05) is 17.8 Å². The van der Waals surface area contributed by atoms with Gasteiger partial charge in [-0.15, -0.1) is 0 Å². The van der Waals surface area contributed by atoms with Gasteiger partial charge in [0.05, 0.1) is 21.9 Å². The van der Waals surface area contributed by atoms with Gasteiger partial charge in [-0.2, -0.15) is 0 Å². The number of benzene rings is 3. The topological polar surface area (TPSA) is 93.7 Å². The highest BCUT2D eigenvalue weighted by molar-refractivity contribution is 6.10. The van der Waals surface area contributed by atoms with Gasteiger partial charge in [0.1, 0.15) is 5.58 Å². The molecule has 170 valence electrons. The first-order valence-corrected chi connectivity index (χ1v) is 11.0. The van der Waals surface area contributed by atoms with Gasteiger partial charge in [0.15, 0.2) is 5.43 Å². The van der Waals surface area contributed by atoms with Crippen LogP contribution < -0.4 is 10.3 Å². The lowest BCUT2D eigenvalue weighted by Crippen LogP contribution is -2.29. The highest BCUT2D eigenvalue weighted by Gasteiger charge is 2.43. The van der Waals surface area contributed by atoms with Crippen LogP contribution in [0.4, 0.5) is 11.4 Å². The summed E-state index contributed by atoms with van der Waals surface area (Å²) in [6.07, 6.45) is 0.852. The minimum absolute atomic E-state index is 0.00340. The Morgan fingerprint density at radius 2 is 1.62 bits per heavy atom. The number of fused-ring (bicyclic) bond motifs is 2. The number of anilines is 1. The highest BCUT2D eigenvalue weighted by Crippen LogP contribution is 2.41. The molecule has 1 atom stereocenters. The molecule has 0 saturated heterocycles. The fourth-order valence-electron chi connectivity index (χ4n) is 4.48. The second-order valence-corrected chi connectivity index (χ2v) is 8.55. The molecule has 0 radical (unpaired) electrons. The summed E-state index contributed by atoms with van der Waals surface area (Å²) in [6.45, 7) is 5.89. The Bertz CT molecular complexity index is 1520. The molecule has 1 amide bonds. The zero-order valence-electron chi connectivity index (χ0n) is 19.0. The number of aryl methyl sites for hydroxylation is 3. The van der Waals surface area contributed by atoms with E-state index in [0.29, 0.717) is 22.2 Å². The normalized spacial score (nSPS) is 15.1. The van der Waals surface area contributed by atoms with E-state index >= 15 is 0 Å². The van der Waals surface area contributed by atoms with E-state index in [4.69, 9.17) is 4.42 Å². The molecule has 0 N–H and O–H groups in total. The number of hydrogen-bond donors (Lipinski definition) is 0. The molecule has 4 aromatic rings. The van der Waals surface area contributed by atoms with Gasteiger partial charge < -0.3 is 4.42 Å². The predicted octanol–water partition coefficient (Wildman–Crippen LogP) is 5.63. The molecule has 0 aliphatic carbocycles. The number of carbonyl (C=O) groups excluding carboxylic acids is 1. The molecule has 3 aromatic carbocycles. The van der Waals surface area contributed by atoms with E-state index in [1.165, 1.54) is 17.0 Å². The summed E-state index contributed by atoms with van der Waals surface area (Å²) in [5, 5.41) is 11.6. The van der Waals surface area contributed by atoms with Crippen LogP contribution in [-0.2, 0) is 6.42 Å². The van der Waals surface area contributed by atoms with Gasteiger partial charge in [-0.05, 0) is 78.9 Å². The number of hydrogen-bond acceptors (Lipinski definition) is 5. The zero-order chi connectivity index (χ0) is 24.1. The van der Waals surface area contributed by atoms with Crippen molar-refractivity contribution in [2.24, 2.45) is 0 Å². The fraction of sp³-hybridized carbons (Fsp3) is 0.185. The number of non-ortho nitro benzene ring substituents is 1. The Balaban J connectivity index is 1.77. The van der Waals surface area contributed by atoms with Crippen molar-refractivity contribution in [3.63, 3.8) is 0 Å². The van der Waals surface area contributed by atoms with Crippen molar-refractivity contribution in [2.75, 3.05) is 4.90 Å². The number of amides is 1. The van der Waals surface area contributed by atoms with Crippen LogP contribution in [0, 0.1) is 24.0 Å². The first kappa shape index (κ1) is 21.6. The molecule has 1 aliphatic rings. The first-order chi connectivity index (χ1) is 16.3. The number of nitro benzene ring substituents is 1. The summed E-state index contributed by atoms with van der Waals surface area (Å²) in [7, 11) is 0. The third-order valence-corrected chi connectivity index (χ3v) is 6.53. The molecule has 0 saturated carbocycles. The molecule has 7 heteroatoms. The molecule has 34 heavy (non-hydrogen) atoms. The molecule has 1 aromatic heterocycles. The Hall–Kier alpha value is -4.26. The number of nitrogens with zero attached hydrogens (tertiary/aromatic N) is 2. The molecule has 1 unspecified atom stereocenters. The van der Waals surface area contributed by atoms with Gasteiger partial charge in [0.25, 0.3) is 11.6 Å². The molecule has 2 heterocycles. The van der Waals surface area contributed by atoms with E-state index in [1.807, 2.05) is 45.0 Å². The van der Waals surface area contributed by atoms with E-state index < -0.39 is 16.9 Å². The Morgan fingerprint density at radius 1 is 0.971 bits per heavy atom. The standard InChI is InChI=1S/C27H22N2O5/c1-4-17-5-9-19(10-6-17)28-24(18-7-11-20(12-8-18)29(32)33)23-25(30)21-13-15(2)16(3)14-22(21)34-26(23)27(28)31/h5-14,24H,4H2,1-3H3. The van der Waals surface area contributed by atoms with Crippen molar-refractivity contribution in [3.05, 3.63) is 115 Å². The molecule has 0 spiro atoms. The minimum Gasteiger partial charge on any atom is -0.450 e. The fourth-order valence-corrected chi connectivity index (χ4v) is 4.48. The van der Waals surface area contributed by atoms with Crippen LogP contribution in [0.25, 0.3) is 11.0 Å². The average Bonchev–Trinajstić information content (AvgIpc) is 3.13. The van der Waals surface area contributed by atoms with Gasteiger partial charge in [-0.3, -0.25) is 24.6 Å². The number of nitro groups is 1. The monoisotopic (exact) mass is 454 g/mol. The van der Waals surface area contributed by atoms with Crippen LogP contribution in [0.15, 0.2) is 69.9 Å². The van der Waals surface area contributed by atoms with Crippen LogP contribution in [0.5, 0.6) is 0 Å². The summed E-state index contributed by atoms with van der Waals surface area (Å²) in [5.74, 6) is -0.413. The van der Waals surface area contributed by atoms with E-state index in [0.717, 1.165) is 23.1 Å². The maximum absolute atomic E-state index is 13.7. The summed E-state index contributed by atoms with van der Waals surface area (Å²) in [5.41, 5.74) is 4.50. The predicted molar refractivity (Wildman–Crippen MR) is 130 cm³/mol. The van der Waals surface area contributed by atoms with Crippen molar-refractivity contribution in [1.82, 2.24) is 0 Å². The van der Waals surface area contributed by atoms with Gasteiger partial charge in [-0.1, -0.05) is 19.1 Å². The minimum atomic E-state index is -0.766. The molecule has 0 bridgehead atoms. The van der Waals surface area contributed by atoms with Crippen LogP contribution in [0.3, 0.4) is 0 Å². The molecular formula is C27H22N2O5. The molecular weight excluding hydrogens is 432 g/mol. The third kappa shape index (κ3) is 3.28. The van der Waals surface area contributed by atoms with Crippen molar-refractivity contribution in [2.45, 2.75) is 33.2 Å². The number of carbonyl (C=O) groups is 1. The Morgan fingerprint density at radius 3 is 2.24 bits per heavy atom. The lowest BCUT2D eigenvalue weighted by molar-refractivity contribution is -0.384. The Kier molecular flexibility index (Phi) is 5.05. The van der Waals surface area contributed by atoms with Gasteiger partial charge in [0.2, 0.25) is 5.76 Å². The third-order valence-electron chi connectivity index (χ3n) is 6.53. The quantitative estimate of drug-likeness (QED) is 0.294. The average molecular weight is 454 g/mol. The Labute approximate surface area is 195 Å².